The molecule has 6 heteroatoms. The average Bonchev–Trinajstić information content (AvgIpc) is 3.36. The molecule has 1 aromatic heterocycles. The van der Waals surface area contributed by atoms with Gasteiger partial charge in [0.2, 0.25) is 5.90 Å². The maximum atomic E-state index is 14.0. The Hall–Kier alpha value is -3.51. The summed E-state index contributed by atoms with van der Waals surface area (Å²) in [4.78, 5) is 25.5. The van der Waals surface area contributed by atoms with Gasteiger partial charge in [-0.25, -0.2) is 9.98 Å². The molecule has 3 aliphatic heterocycles. The Bertz CT molecular complexity index is 1300. The van der Waals surface area contributed by atoms with Gasteiger partial charge in [0.25, 0.3) is 5.91 Å². The second kappa shape index (κ2) is 6.99. The molecule has 4 heterocycles. The van der Waals surface area contributed by atoms with E-state index in [1.165, 1.54) is 0 Å². The second-order valence-electron chi connectivity index (χ2n) is 9.55. The molecule has 0 bridgehead atoms. The number of fused-ring (bicyclic) bond motifs is 5. The van der Waals surface area contributed by atoms with Gasteiger partial charge in [0.05, 0.1) is 23.9 Å². The molecule has 0 radical (unpaired) electrons. The van der Waals surface area contributed by atoms with E-state index in [1.807, 2.05) is 92.4 Å². The molecule has 3 aliphatic rings. The fraction of sp³-hybridized carbons (Fsp3) is 0.296. The number of benzene rings is 2. The zero-order valence-electron chi connectivity index (χ0n) is 18.9. The summed E-state index contributed by atoms with van der Waals surface area (Å²) >= 11 is 0. The first-order chi connectivity index (χ1) is 15.9. The van der Waals surface area contributed by atoms with Crippen molar-refractivity contribution in [2.24, 2.45) is 4.99 Å². The lowest BCUT2D eigenvalue weighted by Gasteiger charge is -2.36. The predicted molar refractivity (Wildman–Crippen MR) is 125 cm³/mol. The topological polar surface area (TPSA) is 64.0 Å². The third-order valence-corrected chi connectivity index (χ3v) is 6.69. The molecule has 3 aromatic rings. The number of aliphatic imine (C=N–C) groups is 1. The van der Waals surface area contributed by atoms with Gasteiger partial charge in [-0.2, -0.15) is 0 Å². The maximum Gasteiger partial charge on any atom is 0.257 e. The van der Waals surface area contributed by atoms with Crippen LogP contribution in [0.3, 0.4) is 0 Å². The van der Waals surface area contributed by atoms with E-state index in [4.69, 9.17) is 19.5 Å². The molecule has 1 saturated heterocycles. The highest BCUT2D eigenvalue weighted by Gasteiger charge is 2.52. The molecule has 0 spiro atoms. The van der Waals surface area contributed by atoms with E-state index < -0.39 is 5.72 Å². The van der Waals surface area contributed by atoms with Crippen LogP contribution in [0.2, 0.25) is 0 Å². The highest BCUT2D eigenvalue weighted by molar-refractivity contribution is 6.03. The van der Waals surface area contributed by atoms with Crippen molar-refractivity contribution in [2.75, 3.05) is 13.2 Å². The van der Waals surface area contributed by atoms with Gasteiger partial charge in [-0.05, 0) is 44.5 Å². The Morgan fingerprint density at radius 1 is 0.939 bits per heavy atom. The zero-order chi connectivity index (χ0) is 22.8. The number of nitrogens with zero attached hydrogens (tertiary/aromatic N) is 3. The van der Waals surface area contributed by atoms with E-state index in [0.29, 0.717) is 30.4 Å². The quantitative estimate of drug-likeness (QED) is 0.580. The molecule has 6 nitrogen and oxygen atoms in total. The molecule has 0 N–H and O–H groups in total. The Kier molecular flexibility index (Phi) is 4.26. The molecule has 2 atom stereocenters. The molecule has 6 rings (SSSR count). The van der Waals surface area contributed by atoms with Crippen molar-refractivity contribution in [2.45, 2.75) is 38.1 Å². The largest absolute Gasteiger partial charge is 0.474 e. The lowest BCUT2D eigenvalue weighted by atomic mass is 9.96. The van der Waals surface area contributed by atoms with Gasteiger partial charge in [-0.3, -0.25) is 9.69 Å². The third-order valence-electron chi connectivity index (χ3n) is 6.69. The first-order valence-corrected chi connectivity index (χ1v) is 11.2. The van der Waals surface area contributed by atoms with Crippen LogP contribution in [0.4, 0.5) is 0 Å². The number of pyridine rings is 1. The van der Waals surface area contributed by atoms with Gasteiger partial charge in [-0.1, -0.05) is 48.5 Å². The number of hydrogen-bond acceptors (Lipinski definition) is 5. The molecule has 0 saturated carbocycles. The van der Waals surface area contributed by atoms with Crippen LogP contribution in [0.1, 0.15) is 54.0 Å². The molecule has 33 heavy (non-hydrogen) atoms. The van der Waals surface area contributed by atoms with Gasteiger partial charge in [0.15, 0.2) is 5.72 Å². The molecule has 1 fully saturated rings. The van der Waals surface area contributed by atoms with Gasteiger partial charge >= 0.3 is 0 Å². The van der Waals surface area contributed by atoms with Crippen LogP contribution < -0.4 is 0 Å². The fourth-order valence-corrected chi connectivity index (χ4v) is 5.03. The highest BCUT2D eigenvalue weighted by atomic mass is 16.5. The van der Waals surface area contributed by atoms with Crippen molar-refractivity contribution in [3.8, 4) is 11.3 Å². The number of rotatable bonds is 2. The van der Waals surface area contributed by atoms with Crippen molar-refractivity contribution in [3.05, 3.63) is 89.1 Å². The minimum absolute atomic E-state index is 0.0606. The monoisotopic (exact) mass is 439 g/mol. The summed E-state index contributed by atoms with van der Waals surface area (Å²) in [5.41, 5.74) is 3.49. The van der Waals surface area contributed by atoms with Crippen LogP contribution in [0.5, 0.6) is 0 Å². The molecule has 0 aliphatic carbocycles. The van der Waals surface area contributed by atoms with Crippen LogP contribution in [0.25, 0.3) is 11.3 Å². The summed E-state index contributed by atoms with van der Waals surface area (Å²) in [5.74, 6) is 0.474. The summed E-state index contributed by atoms with van der Waals surface area (Å²) < 4.78 is 12.3. The van der Waals surface area contributed by atoms with Crippen molar-refractivity contribution in [3.63, 3.8) is 0 Å². The van der Waals surface area contributed by atoms with Gasteiger partial charge in [-0.15, -0.1) is 0 Å². The normalized spacial score (nSPS) is 24.9. The molecular weight excluding hydrogens is 414 g/mol. The molecular formula is C27H25N3O3. The van der Waals surface area contributed by atoms with Crippen molar-refractivity contribution in [1.29, 1.82) is 0 Å². The summed E-state index contributed by atoms with van der Waals surface area (Å²) in [5, 5.41) is 0. The molecule has 2 aromatic carbocycles. The van der Waals surface area contributed by atoms with Gasteiger partial charge in [0, 0.05) is 16.7 Å². The summed E-state index contributed by atoms with van der Waals surface area (Å²) in [6.07, 6.45) is 0. The summed E-state index contributed by atoms with van der Waals surface area (Å²) in [6, 6.07) is 21.4. The lowest BCUT2D eigenvalue weighted by Crippen LogP contribution is -2.44. The van der Waals surface area contributed by atoms with Crippen LogP contribution in [-0.4, -0.2) is 40.4 Å². The standard InChI is InChI=1S/C27H25N3O3/c1-26(2)16-32-24(29-26)21-14-13-20-23(28-21)18-11-7-8-12-19(18)25(31)30-22(15-33-27(20,30)3)17-9-5-4-6-10-17/h4-14,22H,15-16H2,1-3H3/t22-,27-/m0/s1. The SMILES string of the molecule is CC1(C)COC(c2ccc3c(n2)-c2ccccc2C(=O)N2[C@H](c4ccccc4)CO[C@@]32C)=N1. The Morgan fingerprint density at radius 3 is 2.39 bits per heavy atom. The summed E-state index contributed by atoms with van der Waals surface area (Å²) in [7, 11) is 0. The third kappa shape index (κ3) is 3.01. The van der Waals surface area contributed by atoms with E-state index in [9.17, 15) is 4.79 Å². The van der Waals surface area contributed by atoms with E-state index in [2.05, 4.69) is 0 Å². The Balaban J connectivity index is 1.56. The highest BCUT2D eigenvalue weighted by Crippen LogP contribution is 2.49. The minimum Gasteiger partial charge on any atom is -0.474 e. The van der Waals surface area contributed by atoms with Crippen LogP contribution in [0.15, 0.2) is 71.7 Å². The Labute approximate surface area is 192 Å². The van der Waals surface area contributed by atoms with E-state index in [0.717, 1.165) is 22.4 Å². The van der Waals surface area contributed by atoms with Crippen molar-refractivity contribution in [1.82, 2.24) is 9.88 Å². The van der Waals surface area contributed by atoms with Gasteiger partial charge in [0.1, 0.15) is 12.3 Å². The first-order valence-electron chi connectivity index (χ1n) is 11.2. The first kappa shape index (κ1) is 20.1. The number of amides is 1. The smallest absolute Gasteiger partial charge is 0.257 e. The summed E-state index contributed by atoms with van der Waals surface area (Å²) in [6.45, 7) is 6.97. The van der Waals surface area contributed by atoms with Crippen LogP contribution >= 0.6 is 0 Å². The zero-order valence-corrected chi connectivity index (χ0v) is 18.9. The average molecular weight is 440 g/mol. The number of hydrogen-bond donors (Lipinski definition) is 0. The van der Waals surface area contributed by atoms with E-state index in [1.54, 1.807) is 0 Å². The van der Waals surface area contributed by atoms with Crippen LogP contribution in [-0.2, 0) is 15.2 Å². The molecule has 1 amide bonds. The molecule has 0 unspecified atom stereocenters. The number of aromatic nitrogens is 1. The number of carbonyl (C=O) groups is 1. The number of ether oxygens (including phenoxy) is 2. The van der Waals surface area contributed by atoms with Crippen molar-refractivity contribution >= 4 is 11.8 Å². The van der Waals surface area contributed by atoms with E-state index in [-0.39, 0.29) is 17.5 Å². The van der Waals surface area contributed by atoms with Crippen LogP contribution in [0, 0.1) is 0 Å². The van der Waals surface area contributed by atoms with Crippen molar-refractivity contribution < 1.29 is 14.3 Å². The lowest BCUT2D eigenvalue weighted by molar-refractivity contribution is -0.0600. The number of carbonyl (C=O) groups excluding carboxylic acids is 1. The van der Waals surface area contributed by atoms with Gasteiger partial charge < -0.3 is 9.47 Å². The maximum absolute atomic E-state index is 14.0. The predicted octanol–water partition coefficient (Wildman–Crippen LogP) is 4.70. The molecule has 166 valence electrons. The second-order valence-corrected chi connectivity index (χ2v) is 9.55. The Morgan fingerprint density at radius 2 is 1.67 bits per heavy atom. The minimum atomic E-state index is -0.949. The van der Waals surface area contributed by atoms with E-state index >= 15 is 0 Å². The fourth-order valence-electron chi connectivity index (χ4n) is 5.03.